The molecule has 1 heterocycles. The summed E-state index contributed by atoms with van der Waals surface area (Å²) in [6.07, 6.45) is -0.452. The van der Waals surface area contributed by atoms with Crippen LogP contribution in [0.15, 0.2) is 29.2 Å². The maximum absolute atomic E-state index is 11.9. The van der Waals surface area contributed by atoms with Gasteiger partial charge in [0.05, 0.1) is 18.1 Å². The van der Waals surface area contributed by atoms with E-state index in [0.29, 0.717) is 13.2 Å². The fourth-order valence-electron chi connectivity index (χ4n) is 1.58. The Hall–Kier alpha value is -0.950. The minimum Gasteiger partial charge on any atom is -0.346 e. The van der Waals surface area contributed by atoms with Crippen molar-refractivity contribution in [3.05, 3.63) is 29.8 Å². The third-order valence-electron chi connectivity index (χ3n) is 2.53. The lowest BCUT2D eigenvalue weighted by Gasteiger charge is -2.14. The normalized spacial score (nSPS) is 17.8. The summed E-state index contributed by atoms with van der Waals surface area (Å²) < 4.78 is 35.7. The summed E-state index contributed by atoms with van der Waals surface area (Å²) in [5.41, 5.74) is 0.727. The van der Waals surface area contributed by atoms with Gasteiger partial charge in [-0.3, -0.25) is 0 Å². The SMILES string of the molecule is CN(C)S(=O)(=O)c1cccc(C2OCCO2)c1. The Bertz CT molecular complexity index is 492. The highest BCUT2D eigenvalue weighted by Gasteiger charge is 2.22. The van der Waals surface area contributed by atoms with Crippen molar-refractivity contribution in [3.63, 3.8) is 0 Å². The highest BCUT2D eigenvalue weighted by molar-refractivity contribution is 7.89. The first-order valence-electron chi connectivity index (χ1n) is 5.27. The molecule has 0 bridgehead atoms. The first-order chi connectivity index (χ1) is 8.01. The summed E-state index contributed by atoms with van der Waals surface area (Å²) in [5.74, 6) is 0. The van der Waals surface area contributed by atoms with E-state index >= 15 is 0 Å². The molecule has 1 aromatic rings. The van der Waals surface area contributed by atoms with Crippen LogP contribution in [0.3, 0.4) is 0 Å². The van der Waals surface area contributed by atoms with Crippen molar-refractivity contribution in [2.45, 2.75) is 11.2 Å². The van der Waals surface area contributed by atoms with Gasteiger partial charge in [-0.05, 0) is 12.1 Å². The first-order valence-corrected chi connectivity index (χ1v) is 6.71. The minimum atomic E-state index is -3.41. The van der Waals surface area contributed by atoms with Crippen molar-refractivity contribution in [1.29, 1.82) is 0 Å². The molecule has 0 aromatic heterocycles. The van der Waals surface area contributed by atoms with Gasteiger partial charge >= 0.3 is 0 Å². The highest BCUT2D eigenvalue weighted by atomic mass is 32.2. The molecule has 0 atom stereocenters. The zero-order chi connectivity index (χ0) is 12.5. The Labute approximate surface area is 101 Å². The molecule has 1 aliphatic rings. The van der Waals surface area contributed by atoms with Gasteiger partial charge in [-0.25, -0.2) is 12.7 Å². The van der Waals surface area contributed by atoms with Crippen LogP contribution in [-0.2, 0) is 19.5 Å². The number of nitrogens with zero attached hydrogens (tertiary/aromatic N) is 1. The molecule has 0 N–H and O–H groups in total. The van der Waals surface area contributed by atoms with E-state index < -0.39 is 16.3 Å². The molecule has 0 spiro atoms. The van der Waals surface area contributed by atoms with Crippen LogP contribution in [0.2, 0.25) is 0 Å². The second-order valence-corrected chi connectivity index (χ2v) is 6.09. The van der Waals surface area contributed by atoms with E-state index in [2.05, 4.69) is 0 Å². The molecule has 1 fully saturated rings. The van der Waals surface area contributed by atoms with Gasteiger partial charge in [0.1, 0.15) is 0 Å². The molecule has 6 heteroatoms. The molecular weight excluding hydrogens is 242 g/mol. The minimum absolute atomic E-state index is 0.249. The molecule has 1 aliphatic heterocycles. The standard InChI is InChI=1S/C11H15NO4S/c1-12(2)17(13,14)10-5-3-4-9(8-10)11-15-6-7-16-11/h3-5,8,11H,6-7H2,1-2H3. The second-order valence-electron chi connectivity index (χ2n) is 3.93. The van der Waals surface area contributed by atoms with Crippen LogP contribution >= 0.6 is 0 Å². The lowest BCUT2D eigenvalue weighted by molar-refractivity contribution is -0.0442. The number of hydrogen-bond donors (Lipinski definition) is 0. The van der Waals surface area contributed by atoms with Crippen LogP contribution in [0.5, 0.6) is 0 Å². The zero-order valence-corrected chi connectivity index (χ0v) is 10.6. The van der Waals surface area contributed by atoms with Gasteiger partial charge in [-0.2, -0.15) is 0 Å². The molecule has 0 unspecified atom stereocenters. The Balaban J connectivity index is 2.34. The van der Waals surface area contributed by atoms with Crippen molar-refractivity contribution in [1.82, 2.24) is 4.31 Å². The average Bonchev–Trinajstić information content (AvgIpc) is 2.82. The molecular formula is C11H15NO4S. The topological polar surface area (TPSA) is 55.8 Å². The molecule has 5 nitrogen and oxygen atoms in total. The van der Waals surface area contributed by atoms with E-state index in [1.807, 2.05) is 0 Å². The molecule has 2 rings (SSSR count). The molecule has 0 saturated carbocycles. The van der Waals surface area contributed by atoms with Crippen LogP contribution in [-0.4, -0.2) is 40.0 Å². The number of ether oxygens (including phenoxy) is 2. The van der Waals surface area contributed by atoms with Crippen molar-refractivity contribution in [3.8, 4) is 0 Å². The molecule has 94 valence electrons. The summed E-state index contributed by atoms with van der Waals surface area (Å²) in [7, 11) is -0.398. The van der Waals surface area contributed by atoms with Crippen LogP contribution in [0.1, 0.15) is 11.9 Å². The summed E-state index contributed by atoms with van der Waals surface area (Å²) >= 11 is 0. The maximum Gasteiger partial charge on any atom is 0.242 e. The van der Waals surface area contributed by atoms with Crippen molar-refractivity contribution < 1.29 is 17.9 Å². The van der Waals surface area contributed by atoms with Gasteiger partial charge in [0.15, 0.2) is 6.29 Å². The third-order valence-corrected chi connectivity index (χ3v) is 4.34. The van der Waals surface area contributed by atoms with Gasteiger partial charge in [-0.15, -0.1) is 0 Å². The fourth-order valence-corrected chi connectivity index (χ4v) is 2.54. The number of sulfonamides is 1. The smallest absolute Gasteiger partial charge is 0.242 e. The van der Waals surface area contributed by atoms with Crippen LogP contribution in [0, 0.1) is 0 Å². The zero-order valence-electron chi connectivity index (χ0n) is 9.79. The van der Waals surface area contributed by atoms with E-state index in [-0.39, 0.29) is 4.90 Å². The van der Waals surface area contributed by atoms with Gasteiger partial charge in [0.2, 0.25) is 10.0 Å². The van der Waals surface area contributed by atoms with Crippen LogP contribution in [0.25, 0.3) is 0 Å². The van der Waals surface area contributed by atoms with Crippen molar-refractivity contribution in [2.24, 2.45) is 0 Å². The lowest BCUT2D eigenvalue weighted by atomic mass is 10.2. The number of benzene rings is 1. The van der Waals surface area contributed by atoms with Crippen molar-refractivity contribution in [2.75, 3.05) is 27.3 Å². The van der Waals surface area contributed by atoms with E-state index in [9.17, 15) is 8.42 Å². The number of hydrogen-bond acceptors (Lipinski definition) is 4. The van der Waals surface area contributed by atoms with E-state index in [1.165, 1.54) is 18.4 Å². The second kappa shape index (κ2) is 4.73. The third kappa shape index (κ3) is 2.50. The van der Waals surface area contributed by atoms with Gasteiger partial charge < -0.3 is 9.47 Å². The van der Waals surface area contributed by atoms with Crippen molar-refractivity contribution >= 4 is 10.0 Å². The predicted molar refractivity (Wildman–Crippen MR) is 62.0 cm³/mol. The van der Waals surface area contributed by atoms with Gasteiger partial charge in [0, 0.05) is 19.7 Å². The highest BCUT2D eigenvalue weighted by Crippen LogP contribution is 2.25. The number of rotatable bonds is 3. The fraction of sp³-hybridized carbons (Fsp3) is 0.455. The summed E-state index contributed by atoms with van der Waals surface area (Å²) in [6.45, 7) is 1.07. The molecule has 1 saturated heterocycles. The summed E-state index contributed by atoms with van der Waals surface area (Å²) in [6, 6.07) is 6.64. The lowest BCUT2D eigenvalue weighted by Crippen LogP contribution is -2.22. The Morgan fingerprint density at radius 3 is 2.47 bits per heavy atom. The van der Waals surface area contributed by atoms with E-state index in [4.69, 9.17) is 9.47 Å². The van der Waals surface area contributed by atoms with Crippen LogP contribution < -0.4 is 0 Å². The summed E-state index contributed by atoms with van der Waals surface area (Å²) in [4.78, 5) is 0.249. The Kier molecular flexibility index (Phi) is 3.48. The summed E-state index contributed by atoms with van der Waals surface area (Å²) in [5, 5.41) is 0. The van der Waals surface area contributed by atoms with Crippen LogP contribution in [0.4, 0.5) is 0 Å². The Morgan fingerprint density at radius 1 is 1.24 bits per heavy atom. The van der Waals surface area contributed by atoms with Gasteiger partial charge in [0.25, 0.3) is 0 Å². The Morgan fingerprint density at radius 2 is 1.88 bits per heavy atom. The maximum atomic E-state index is 11.9. The molecule has 0 radical (unpaired) electrons. The monoisotopic (exact) mass is 257 g/mol. The largest absolute Gasteiger partial charge is 0.346 e. The molecule has 0 amide bonds. The van der Waals surface area contributed by atoms with Gasteiger partial charge in [-0.1, -0.05) is 12.1 Å². The molecule has 0 aliphatic carbocycles. The molecule has 17 heavy (non-hydrogen) atoms. The molecule has 1 aromatic carbocycles. The quantitative estimate of drug-likeness (QED) is 0.810. The predicted octanol–water partition coefficient (Wildman–Crippen LogP) is 0.982. The average molecular weight is 257 g/mol. The van der Waals surface area contributed by atoms with E-state index in [0.717, 1.165) is 5.56 Å². The first kappa shape index (κ1) is 12.5. The van der Waals surface area contributed by atoms with E-state index in [1.54, 1.807) is 24.3 Å².